The van der Waals surface area contributed by atoms with Crippen molar-refractivity contribution in [2.24, 2.45) is 5.92 Å². The molecular weight excluding hydrogens is 184 g/mol. The molecule has 0 aromatic carbocycles. The van der Waals surface area contributed by atoms with E-state index in [0.717, 1.165) is 5.92 Å². The molecule has 92 valence electrons. The Morgan fingerprint density at radius 3 is 1.93 bits per heavy atom. The molecule has 0 aliphatic carbocycles. The van der Waals surface area contributed by atoms with Crippen molar-refractivity contribution in [1.29, 1.82) is 0 Å². The molecule has 1 unspecified atom stereocenters. The van der Waals surface area contributed by atoms with E-state index in [1.54, 1.807) is 0 Å². The maximum Gasteiger partial charge on any atom is 0.0000920 e. The predicted octanol–water partition coefficient (Wildman–Crippen LogP) is 2.70. The molecule has 1 atom stereocenters. The second-order valence-electron chi connectivity index (χ2n) is 5.37. The van der Waals surface area contributed by atoms with E-state index in [9.17, 15) is 0 Å². The van der Waals surface area contributed by atoms with Crippen LogP contribution in [0.25, 0.3) is 0 Å². The Bertz CT molecular complexity index is 132. The smallest absolute Gasteiger partial charge is 0.0000920 e. The van der Waals surface area contributed by atoms with Gasteiger partial charge in [-0.05, 0) is 53.5 Å². The third-order valence-corrected chi connectivity index (χ3v) is 2.73. The molecule has 0 amide bonds. The lowest BCUT2D eigenvalue weighted by Gasteiger charge is -2.16. The minimum Gasteiger partial charge on any atom is -0.309 e. The highest BCUT2D eigenvalue weighted by Gasteiger charge is 2.02. The number of hydrogen-bond acceptors (Lipinski definition) is 2. The van der Waals surface area contributed by atoms with Crippen molar-refractivity contribution >= 4 is 0 Å². The van der Waals surface area contributed by atoms with E-state index in [1.165, 1.54) is 45.2 Å². The Kier molecular flexibility index (Phi) is 9.12. The van der Waals surface area contributed by atoms with Gasteiger partial charge in [0.1, 0.15) is 0 Å². The SMILES string of the molecule is CC(CCCCCCN(C)C)CN(C)C. The normalized spacial score (nSPS) is 13.8. The zero-order valence-corrected chi connectivity index (χ0v) is 11.4. The van der Waals surface area contributed by atoms with Crippen LogP contribution in [-0.4, -0.2) is 51.1 Å². The summed E-state index contributed by atoms with van der Waals surface area (Å²) in [5, 5.41) is 0. The summed E-state index contributed by atoms with van der Waals surface area (Å²) in [6, 6.07) is 0. The average Bonchev–Trinajstić information content (AvgIpc) is 2.09. The number of nitrogens with zero attached hydrogens (tertiary/aromatic N) is 2. The summed E-state index contributed by atoms with van der Waals surface area (Å²) < 4.78 is 0. The summed E-state index contributed by atoms with van der Waals surface area (Å²) in [4.78, 5) is 4.56. The Hall–Kier alpha value is -0.0800. The van der Waals surface area contributed by atoms with Gasteiger partial charge in [0, 0.05) is 6.54 Å². The van der Waals surface area contributed by atoms with Crippen LogP contribution in [0, 0.1) is 5.92 Å². The first-order valence-electron chi connectivity index (χ1n) is 6.32. The Morgan fingerprint density at radius 1 is 0.800 bits per heavy atom. The van der Waals surface area contributed by atoms with E-state index in [-0.39, 0.29) is 0 Å². The molecule has 0 bridgehead atoms. The second-order valence-corrected chi connectivity index (χ2v) is 5.37. The van der Waals surface area contributed by atoms with Gasteiger partial charge in [0.2, 0.25) is 0 Å². The zero-order chi connectivity index (χ0) is 11.7. The predicted molar refractivity (Wildman–Crippen MR) is 69.4 cm³/mol. The van der Waals surface area contributed by atoms with Gasteiger partial charge in [0.15, 0.2) is 0 Å². The topological polar surface area (TPSA) is 6.48 Å². The summed E-state index contributed by atoms with van der Waals surface area (Å²) in [6.45, 7) is 4.84. The highest BCUT2D eigenvalue weighted by atomic mass is 15.1. The fourth-order valence-electron chi connectivity index (χ4n) is 1.99. The van der Waals surface area contributed by atoms with Crippen molar-refractivity contribution in [3.8, 4) is 0 Å². The fraction of sp³-hybridized carbons (Fsp3) is 1.00. The lowest BCUT2D eigenvalue weighted by Crippen LogP contribution is -2.19. The van der Waals surface area contributed by atoms with Gasteiger partial charge in [-0.25, -0.2) is 0 Å². The largest absolute Gasteiger partial charge is 0.309 e. The molecule has 0 radical (unpaired) electrons. The first kappa shape index (κ1) is 14.9. The lowest BCUT2D eigenvalue weighted by molar-refractivity contribution is 0.320. The molecule has 0 spiro atoms. The van der Waals surface area contributed by atoms with Crippen LogP contribution in [0.2, 0.25) is 0 Å². The molecule has 2 nitrogen and oxygen atoms in total. The summed E-state index contributed by atoms with van der Waals surface area (Å²) in [7, 11) is 8.62. The van der Waals surface area contributed by atoms with E-state index >= 15 is 0 Å². The maximum absolute atomic E-state index is 2.36. The number of hydrogen-bond donors (Lipinski definition) is 0. The summed E-state index contributed by atoms with van der Waals surface area (Å²) in [5.74, 6) is 0.855. The molecule has 2 heteroatoms. The molecule has 0 aliphatic rings. The Labute approximate surface area is 96.6 Å². The summed E-state index contributed by atoms with van der Waals surface area (Å²) in [6.07, 6.45) is 6.95. The number of rotatable bonds is 9. The van der Waals surface area contributed by atoms with Crippen molar-refractivity contribution in [1.82, 2.24) is 9.80 Å². The van der Waals surface area contributed by atoms with E-state index in [1.807, 2.05) is 0 Å². The van der Waals surface area contributed by atoms with Crippen molar-refractivity contribution in [3.05, 3.63) is 0 Å². The third kappa shape index (κ3) is 11.8. The van der Waals surface area contributed by atoms with Crippen LogP contribution in [0.4, 0.5) is 0 Å². The van der Waals surface area contributed by atoms with Crippen LogP contribution in [0.15, 0.2) is 0 Å². The average molecular weight is 214 g/mol. The highest BCUT2D eigenvalue weighted by Crippen LogP contribution is 2.11. The lowest BCUT2D eigenvalue weighted by atomic mass is 10.0. The van der Waals surface area contributed by atoms with Gasteiger partial charge in [-0.3, -0.25) is 0 Å². The Morgan fingerprint density at radius 2 is 1.40 bits per heavy atom. The first-order valence-corrected chi connectivity index (χ1v) is 6.32. The van der Waals surface area contributed by atoms with Crippen LogP contribution < -0.4 is 0 Å². The minimum atomic E-state index is 0.855. The molecule has 0 heterocycles. The monoisotopic (exact) mass is 214 g/mol. The van der Waals surface area contributed by atoms with Crippen LogP contribution >= 0.6 is 0 Å². The summed E-state index contributed by atoms with van der Waals surface area (Å²) in [5.41, 5.74) is 0. The van der Waals surface area contributed by atoms with Gasteiger partial charge in [-0.1, -0.05) is 26.2 Å². The highest BCUT2D eigenvalue weighted by molar-refractivity contribution is 4.57. The van der Waals surface area contributed by atoms with E-state index in [0.29, 0.717) is 0 Å². The van der Waals surface area contributed by atoms with Gasteiger partial charge in [0.25, 0.3) is 0 Å². The quantitative estimate of drug-likeness (QED) is 0.545. The van der Waals surface area contributed by atoms with Crippen LogP contribution in [-0.2, 0) is 0 Å². The van der Waals surface area contributed by atoms with Gasteiger partial charge in [-0.15, -0.1) is 0 Å². The molecule has 0 saturated heterocycles. The van der Waals surface area contributed by atoms with E-state index in [4.69, 9.17) is 0 Å². The van der Waals surface area contributed by atoms with E-state index in [2.05, 4.69) is 44.9 Å². The maximum atomic E-state index is 2.36. The molecule has 0 fully saturated rings. The fourth-order valence-corrected chi connectivity index (χ4v) is 1.99. The number of unbranched alkanes of at least 4 members (excludes halogenated alkanes) is 3. The van der Waals surface area contributed by atoms with Crippen molar-refractivity contribution < 1.29 is 0 Å². The van der Waals surface area contributed by atoms with Crippen molar-refractivity contribution in [3.63, 3.8) is 0 Å². The van der Waals surface area contributed by atoms with Gasteiger partial charge >= 0.3 is 0 Å². The minimum absolute atomic E-state index is 0.855. The van der Waals surface area contributed by atoms with Crippen LogP contribution in [0.1, 0.15) is 39.0 Å². The molecular formula is C13H30N2. The van der Waals surface area contributed by atoms with Gasteiger partial charge in [0.05, 0.1) is 0 Å². The molecule has 0 aromatic rings. The van der Waals surface area contributed by atoms with E-state index < -0.39 is 0 Å². The van der Waals surface area contributed by atoms with Crippen LogP contribution in [0.5, 0.6) is 0 Å². The van der Waals surface area contributed by atoms with Crippen LogP contribution in [0.3, 0.4) is 0 Å². The van der Waals surface area contributed by atoms with Gasteiger partial charge in [-0.2, -0.15) is 0 Å². The third-order valence-electron chi connectivity index (χ3n) is 2.73. The molecule has 15 heavy (non-hydrogen) atoms. The molecule has 0 saturated carbocycles. The molecule has 0 aromatic heterocycles. The van der Waals surface area contributed by atoms with Crippen molar-refractivity contribution in [2.45, 2.75) is 39.0 Å². The van der Waals surface area contributed by atoms with Crippen molar-refractivity contribution in [2.75, 3.05) is 41.3 Å². The molecule has 0 rings (SSSR count). The molecule has 0 aliphatic heterocycles. The zero-order valence-electron chi connectivity index (χ0n) is 11.4. The second kappa shape index (κ2) is 9.17. The first-order chi connectivity index (χ1) is 7.02. The van der Waals surface area contributed by atoms with Gasteiger partial charge < -0.3 is 9.80 Å². The Balaban J connectivity index is 3.16. The standard InChI is InChI=1S/C13H30N2/c1-13(12-15(4)5)10-8-6-7-9-11-14(2)3/h13H,6-12H2,1-5H3. The molecule has 0 N–H and O–H groups in total. The summed E-state index contributed by atoms with van der Waals surface area (Å²) >= 11 is 0.